The van der Waals surface area contributed by atoms with Crippen LogP contribution in [0, 0.1) is 11.8 Å². The van der Waals surface area contributed by atoms with Gasteiger partial charge in [0.25, 0.3) is 0 Å². The van der Waals surface area contributed by atoms with Gasteiger partial charge in [0.15, 0.2) is 0 Å². The van der Waals surface area contributed by atoms with Crippen molar-refractivity contribution in [2.45, 2.75) is 95.2 Å². The van der Waals surface area contributed by atoms with Crippen LogP contribution in [0.5, 0.6) is 0 Å². The number of unbranched alkanes of at least 4 members (excludes halogenated alkanes) is 3. The number of carbonyl (C=O) groups excluding carboxylic acids is 1. The van der Waals surface area contributed by atoms with E-state index in [1.165, 1.54) is 19.3 Å². The van der Waals surface area contributed by atoms with Crippen molar-refractivity contribution in [3.05, 3.63) is 35.4 Å². The van der Waals surface area contributed by atoms with Crippen LogP contribution in [0.25, 0.3) is 0 Å². The van der Waals surface area contributed by atoms with Crippen molar-refractivity contribution in [1.29, 1.82) is 0 Å². The number of aliphatic hydroxyl groups excluding tert-OH is 2. The molecule has 2 aliphatic rings. The number of aliphatic carboxylic acids is 1. The van der Waals surface area contributed by atoms with Gasteiger partial charge in [0, 0.05) is 24.7 Å². The Hall–Kier alpha value is -1.72. The van der Waals surface area contributed by atoms with Crippen LogP contribution in [-0.2, 0) is 9.59 Å². The summed E-state index contributed by atoms with van der Waals surface area (Å²) in [6, 6.07) is 7.89. The maximum Gasteiger partial charge on any atom is 0.303 e. The van der Waals surface area contributed by atoms with E-state index in [-0.39, 0.29) is 30.5 Å². The molecule has 0 aliphatic heterocycles. The zero-order chi connectivity index (χ0) is 21.5. The average molecular weight is 417 g/mol. The zero-order valence-electron chi connectivity index (χ0n) is 17.8. The first-order valence-electron chi connectivity index (χ1n) is 11.7. The van der Waals surface area contributed by atoms with Gasteiger partial charge in [0.1, 0.15) is 5.78 Å². The Bertz CT molecular complexity index is 692. The molecule has 5 nitrogen and oxygen atoms in total. The number of ketones is 1. The molecule has 4 unspecified atom stereocenters. The number of hydrogen-bond donors (Lipinski definition) is 3. The van der Waals surface area contributed by atoms with Crippen LogP contribution in [-0.4, -0.2) is 33.2 Å². The lowest BCUT2D eigenvalue weighted by molar-refractivity contribution is -0.137. The van der Waals surface area contributed by atoms with Gasteiger partial charge in [0.2, 0.25) is 0 Å². The fourth-order valence-corrected chi connectivity index (χ4v) is 5.38. The second kappa shape index (κ2) is 11.1. The zero-order valence-corrected chi connectivity index (χ0v) is 17.8. The van der Waals surface area contributed by atoms with Gasteiger partial charge in [-0.2, -0.15) is 0 Å². The topological polar surface area (TPSA) is 94.8 Å². The second-order valence-corrected chi connectivity index (χ2v) is 9.23. The Labute approximate surface area is 179 Å². The van der Waals surface area contributed by atoms with E-state index >= 15 is 0 Å². The lowest BCUT2D eigenvalue weighted by Crippen LogP contribution is -2.19. The Morgan fingerprint density at radius 3 is 2.33 bits per heavy atom. The number of aliphatic hydroxyl groups is 2. The highest BCUT2D eigenvalue weighted by molar-refractivity contribution is 5.85. The monoisotopic (exact) mass is 416 g/mol. The molecule has 4 atom stereocenters. The van der Waals surface area contributed by atoms with Gasteiger partial charge in [-0.05, 0) is 42.7 Å². The minimum atomic E-state index is -0.763. The Kier molecular flexibility index (Phi) is 8.46. The summed E-state index contributed by atoms with van der Waals surface area (Å²) in [5, 5.41) is 30.0. The minimum Gasteiger partial charge on any atom is -0.481 e. The molecule has 3 rings (SSSR count). The van der Waals surface area contributed by atoms with Crippen LogP contribution >= 0.6 is 0 Å². The van der Waals surface area contributed by atoms with Gasteiger partial charge >= 0.3 is 5.97 Å². The normalized spacial score (nSPS) is 26.1. The third kappa shape index (κ3) is 5.92. The highest BCUT2D eigenvalue weighted by Crippen LogP contribution is 2.41. The van der Waals surface area contributed by atoms with Gasteiger partial charge in [-0.25, -0.2) is 0 Å². The summed E-state index contributed by atoms with van der Waals surface area (Å²) in [6.45, 7) is 0. The molecular weight excluding hydrogens is 380 g/mol. The standard InChI is InChI=1S/C25H36O5/c26-21-16-22(27)24(20(21)10-6-1-2-7-11-23(28)29)17-12-14-19(15-13-17)25(30)18-8-4-3-5-9-18/h12-15,18,20,22,24-25,27,30H,1-11,16H2,(H,28,29). The molecule has 30 heavy (non-hydrogen) atoms. The molecule has 0 bridgehead atoms. The fraction of sp³-hybridized carbons (Fsp3) is 0.680. The van der Waals surface area contributed by atoms with Crippen molar-refractivity contribution < 1.29 is 24.9 Å². The molecule has 0 heterocycles. The number of carboxylic acid groups (broad SMARTS) is 1. The smallest absolute Gasteiger partial charge is 0.303 e. The molecule has 0 aromatic heterocycles. The van der Waals surface area contributed by atoms with Gasteiger partial charge < -0.3 is 15.3 Å². The molecule has 0 radical (unpaired) electrons. The first kappa shape index (κ1) is 23.0. The van der Waals surface area contributed by atoms with E-state index in [2.05, 4.69) is 0 Å². The summed E-state index contributed by atoms with van der Waals surface area (Å²) < 4.78 is 0. The van der Waals surface area contributed by atoms with E-state index in [4.69, 9.17) is 5.11 Å². The Morgan fingerprint density at radius 2 is 1.67 bits per heavy atom. The summed E-state index contributed by atoms with van der Waals surface area (Å²) in [4.78, 5) is 23.1. The molecular formula is C25H36O5. The van der Waals surface area contributed by atoms with Crippen LogP contribution in [0.15, 0.2) is 24.3 Å². The first-order chi connectivity index (χ1) is 14.5. The number of carboxylic acids is 1. The largest absolute Gasteiger partial charge is 0.481 e. The van der Waals surface area contributed by atoms with Crippen molar-refractivity contribution >= 4 is 11.8 Å². The molecule has 0 spiro atoms. The molecule has 5 heteroatoms. The van der Waals surface area contributed by atoms with E-state index in [1.54, 1.807) is 0 Å². The third-order valence-electron chi connectivity index (χ3n) is 7.09. The predicted molar refractivity (Wildman–Crippen MR) is 115 cm³/mol. The lowest BCUT2D eigenvalue weighted by atomic mass is 9.81. The van der Waals surface area contributed by atoms with E-state index in [0.29, 0.717) is 12.3 Å². The van der Waals surface area contributed by atoms with Crippen LogP contribution in [0.3, 0.4) is 0 Å². The van der Waals surface area contributed by atoms with Gasteiger partial charge in [-0.15, -0.1) is 0 Å². The number of Topliss-reactive ketones (excluding diaryl/α,β-unsaturated/α-hetero) is 1. The quantitative estimate of drug-likeness (QED) is 0.478. The first-order valence-corrected chi connectivity index (χ1v) is 11.7. The predicted octanol–water partition coefficient (Wildman–Crippen LogP) is 4.76. The van der Waals surface area contributed by atoms with Crippen molar-refractivity contribution in [3.8, 4) is 0 Å². The molecule has 1 aromatic carbocycles. The molecule has 0 amide bonds. The molecule has 1 aromatic rings. The fourth-order valence-electron chi connectivity index (χ4n) is 5.38. The maximum atomic E-state index is 12.5. The highest BCUT2D eigenvalue weighted by Gasteiger charge is 2.41. The van der Waals surface area contributed by atoms with Gasteiger partial charge in [-0.1, -0.05) is 62.8 Å². The molecule has 3 N–H and O–H groups in total. The Morgan fingerprint density at radius 1 is 1.00 bits per heavy atom. The summed E-state index contributed by atoms with van der Waals surface area (Å²) in [6.07, 6.45) is 9.16. The van der Waals surface area contributed by atoms with Crippen molar-refractivity contribution in [2.75, 3.05) is 0 Å². The number of hydrogen-bond acceptors (Lipinski definition) is 4. The second-order valence-electron chi connectivity index (χ2n) is 9.23. The van der Waals surface area contributed by atoms with Crippen molar-refractivity contribution in [3.63, 3.8) is 0 Å². The lowest BCUT2D eigenvalue weighted by Gasteiger charge is -2.27. The molecule has 2 saturated carbocycles. The summed E-state index contributed by atoms with van der Waals surface area (Å²) in [7, 11) is 0. The van der Waals surface area contributed by atoms with Gasteiger partial charge in [0.05, 0.1) is 12.2 Å². The Balaban J connectivity index is 1.57. The molecule has 2 fully saturated rings. The van der Waals surface area contributed by atoms with Crippen LogP contribution in [0.4, 0.5) is 0 Å². The van der Waals surface area contributed by atoms with Crippen LogP contribution in [0.1, 0.15) is 100 Å². The maximum absolute atomic E-state index is 12.5. The minimum absolute atomic E-state index is 0.129. The molecule has 166 valence electrons. The van der Waals surface area contributed by atoms with E-state index in [0.717, 1.165) is 49.7 Å². The number of carbonyl (C=O) groups is 2. The number of benzene rings is 1. The number of rotatable bonds is 10. The summed E-state index contributed by atoms with van der Waals surface area (Å²) in [5.74, 6) is -0.659. The SMILES string of the molecule is O=C(O)CCCCCCC1C(=O)CC(O)C1c1ccc(C(O)C2CCCCC2)cc1. The van der Waals surface area contributed by atoms with Crippen LogP contribution in [0.2, 0.25) is 0 Å². The molecule has 2 aliphatic carbocycles. The summed E-state index contributed by atoms with van der Waals surface area (Å²) in [5.41, 5.74) is 1.91. The van der Waals surface area contributed by atoms with E-state index in [1.807, 2.05) is 24.3 Å². The van der Waals surface area contributed by atoms with Crippen LogP contribution < -0.4 is 0 Å². The summed E-state index contributed by atoms with van der Waals surface area (Å²) >= 11 is 0. The average Bonchev–Trinajstić information content (AvgIpc) is 3.03. The van der Waals surface area contributed by atoms with E-state index < -0.39 is 18.2 Å². The van der Waals surface area contributed by atoms with Crippen molar-refractivity contribution in [2.24, 2.45) is 11.8 Å². The third-order valence-corrected chi connectivity index (χ3v) is 7.09. The van der Waals surface area contributed by atoms with E-state index in [9.17, 15) is 19.8 Å². The molecule has 0 saturated heterocycles. The van der Waals surface area contributed by atoms with Gasteiger partial charge in [-0.3, -0.25) is 9.59 Å². The highest BCUT2D eigenvalue weighted by atomic mass is 16.4. The van der Waals surface area contributed by atoms with Crippen molar-refractivity contribution in [1.82, 2.24) is 0 Å².